The van der Waals surface area contributed by atoms with Crippen LogP contribution in [0.5, 0.6) is 5.75 Å². The molecule has 0 heterocycles. The van der Waals surface area contributed by atoms with Gasteiger partial charge in [0.05, 0.1) is 18.2 Å². The number of nitrogens with one attached hydrogen (secondary N) is 1. The van der Waals surface area contributed by atoms with E-state index >= 15 is 0 Å². The second-order valence-electron chi connectivity index (χ2n) is 3.57. The Morgan fingerprint density at radius 3 is 2.55 bits per heavy atom. The highest BCUT2D eigenvalue weighted by molar-refractivity contribution is 5.81. The Morgan fingerprint density at radius 1 is 1.25 bits per heavy atom. The summed E-state index contributed by atoms with van der Waals surface area (Å²) in [7, 11) is 0. The number of rotatable bonds is 6. The molecule has 0 aliphatic carbocycles. The van der Waals surface area contributed by atoms with Crippen molar-refractivity contribution in [2.45, 2.75) is 0 Å². The van der Waals surface area contributed by atoms with Gasteiger partial charge in [-0.25, -0.2) is 4.79 Å². The van der Waals surface area contributed by atoms with Crippen molar-refractivity contribution in [3.05, 3.63) is 29.8 Å². The molecule has 1 aromatic rings. The quantitative estimate of drug-likeness (QED) is 0.591. The third-order valence-electron chi connectivity index (χ3n) is 2.09. The molecule has 1 aromatic carbocycles. The van der Waals surface area contributed by atoms with E-state index in [2.05, 4.69) is 16.0 Å². The lowest BCUT2D eigenvalue weighted by Gasteiger charge is -2.06. The second kappa shape index (κ2) is 8.17. The van der Waals surface area contributed by atoms with E-state index in [-0.39, 0.29) is 13.2 Å². The van der Waals surface area contributed by atoms with Crippen LogP contribution >= 0.6 is 0 Å². The van der Waals surface area contributed by atoms with Crippen LogP contribution in [0.25, 0.3) is 0 Å². The lowest BCUT2D eigenvalue weighted by atomic mass is 10.2. The predicted molar refractivity (Wildman–Crippen MR) is 69.5 cm³/mol. The number of carbonyl (C=O) groups is 2. The number of carbonyl (C=O) groups excluding carboxylic acids is 2. The maximum atomic E-state index is 11.3. The fourth-order valence-corrected chi connectivity index (χ4v) is 1.16. The average molecular weight is 272 g/mol. The Balaban J connectivity index is 2.27. The smallest absolute Gasteiger partial charge is 0.344 e. The molecule has 20 heavy (non-hydrogen) atoms. The molecule has 0 aromatic heterocycles. The minimum Gasteiger partial charge on any atom is -0.482 e. The van der Waals surface area contributed by atoms with Crippen molar-refractivity contribution >= 4 is 11.9 Å². The van der Waals surface area contributed by atoms with Gasteiger partial charge in [-0.05, 0) is 24.3 Å². The van der Waals surface area contributed by atoms with Crippen LogP contribution in [0, 0.1) is 23.7 Å². The molecule has 0 aliphatic heterocycles. The monoisotopic (exact) mass is 272 g/mol. The van der Waals surface area contributed by atoms with Crippen LogP contribution < -0.4 is 10.1 Å². The van der Waals surface area contributed by atoms with E-state index in [4.69, 9.17) is 16.4 Å². The Bertz CT molecular complexity index is 552. The van der Waals surface area contributed by atoms with Crippen LogP contribution in [0.3, 0.4) is 0 Å². The molecule has 0 saturated carbocycles. The maximum absolute atomic E-state index is 11.3. The highest BCUT2D eigenvalue weighted by Gasteiger charge is 2.07. The molecular weight excluding hydrogens is 260 g/mol. The molecule has 1 rings (SSSR count). The molecule has 0 aliphatic rings. The van der Waals surface area contributed by atoms with Crippen LogP contribution in [0.2, 0.25) is 0 Å². The number of hydrogen-bond acceptors (Lipinski definition) is 5. The topological polar surface area (TPSA) is 88.4 Å². The van der Waals surface area contributed by atoms with Gasteiger partial charge >= 0.3 is 5.97 Å². The lowest BCUT2D eigenvalue weighted by Crippen LogP contribution is -2.30. The molecule has 102 valence electrons. The van der Waals surface area contributed by atoms with Gasteiger partial charge in [0.1, 0.15) is 5.75 Å². The summed E-state index contributed by atoms with van der Waals surface area (Å²) in [6.45, 7) is -0.649. The molecule has 0 atom stereocenters. The van der Waals surface area contributed by atoms with Gasteiger partial charge in [-0.2, -0.15) is 5.26 Å². The number of benzene rings is 1. The number of amides is 1. The van der Waals surface area contributed by atoms with Crippen molar-refractivity contribution < 1.29 is 19.1 Å². The van der Waals surface area contributed by atoms with Gasteiger partial charge < -0.3 is 14.8 Å². The van der Waals surface area contributed by atoms with Gasteiger partial charge in [-0.1, -0.05) is 5.92 Å². The zero-order chi connectivity index (χ0) is 14.8. The number of ether oxygens (including phenoxy) is 2. The minimum absolute atomic E-state index is 0.0815. The fraction of sp³-hybridized carbons (Fsp3) is 0.214. The van der Waals surface area contributed by atoms with Crippen molar-refractivity contribution in [2.75, 3.05) is 19.8 Å². The molecule has 0 unspecified atom stereocenters. The Hall–Kier alpha value is -2.99. The van der Waals surface area contributed by atoms with Gasteiger partial charge in [0.2, 0.25) is 0 Å². The summed E-state index contributed by atoms with van der Waals surface area (Å²) in [6, 6.07) is 8.21. The summed E-state index contributed by atoms with van der Waals surface area (Å²) >= 11 is 0. The highest BCUT2D eigenvalue weighted by Crippen LogP contribution is 2.11. The molecule has 6 nitrogen and oxygen atoms in total. The van der Waals surface area contributed by atoms with Gasteiger partial charge in [0.25, 0.3) is 5.91 Å². The fourth-order valence-electron chi connectivity index (χ4n) is 1.16. The number of nitriles is 1. The zero-order valence-corrected chi connectivity index (χ0v) is 10.6. The Morgan fingerprint density at radius 2 is 1.95 bits per heavy atom. The van der Waals surface area contributed by atoms with E-state index in [0.717, 1.165) is 0 Å². The molecule has 0 radical (unpaired) electrons. The summed E-state index contributed by atoms with van der Waals surface area (Å²) in [5, 5.41) is 11.0. The van der Waals surface area contributed by atoms with E-state index in [9.17, 15) is 9.59 Å². The van der Waals surface area contributed by atoms with Crippen molar-refractivity contribution in [1.82, 2.24) is 5.32 Å². The van der Waals surface area contributed by atoms with Gasteiger partial charge in [-0.15, -0.1) is 6.42 Å². The number of nitrogens with zero attached hydrogens (tertiary/aromatic N) is 1. The van der Waals surface area contributed by atoms with Crippen molar-refractivity contribution in [2.24, 2.45) is 0 Å². The molecule has 1 N–H and O–H groups in total. The van der Waals surface area contributed by atoms with Crippen LogP contribution in [0.1, 0.15) is 5.56 Å². The predicted octanol–water partition coefficient (Wildman–Crippen LogP) is 0.230. The van der Waals surface area contributed by atoms with E-state index in [0.29, 0.717) is 11.3 Å². The maximum Gasteiger partial charge on any atom is 0.344 e. The number of terminal acetylenes is 1. The molecule has 6 heteroatoms. The van der Waals surface area contributed by atoms with Crippen LogP contribution in [-0.2, 0) is 14.3 Å². The van der Waals surface area contributed by atoms with Gasteiger partial charge in [0.15, 0.2) is 13.2 Å². The minimum atomic E-state index is -0.676. The Labute approximate surface area is 116 Å². The molecular formula is C14H12N2O4. The molecule has 1 amide bonds. The van der Waals surface area contributed by atoms with Crippen LogP contribution in [0.15, 0.2) is 24.3 Å². The zero-order valence-electron chi connectivity index (χ0n) is 10.6. The van der Waals surface area contributed by atoms with E-state index < -0.39 is 18.5 Å². The van der Waals surface area contributed by atoms with Gasteiger partial charge in [-0.3, -0.25) is 4.79 Å². The lowest BCUT2D eigenvalue weighted by molar-refractivity contribution is -0.150. The molecule has 0 bridgehead atoms. The summed E-state index contributed by atoms with van der Waals surface area (Å²) in [5.41, 5.74) is 0.491. The van der Waals surface area contributed by atoms with Crippen molar-refractivity contribution in [3.63, 3.8) is 0 Å². The second-order valence-corrected chi connectivity index (χ2v) is 3.57. The summed E-state index contributed by atoms with van der Waals surface area (Å²) in [4.78, 5) is 22.4. The van der Waals surface area contributed by atoms with E-state index in [1.807, 2.05) is 6.07 Å². The first-order valence-corrected chi connectivity index (χ1v) is 5.64. The first-order valence-electron chi connectivity index (χ1n) is 5.64. The number of hydrogen-bond donors (Lipinski definition) is 1. The third-order valence-corrected chi connectivity index (χ3v) is 2.09. The summed E-state index contributed by atoms with van der Waals surface area (Å²) in [6.07, 6.45) is 4.95. The van der Waals surface area contributed by atoms with Crippen molar-refractivity contribution in [3.8, 4) is 24.2 Å². The van der Waals surface area contributed by atoms with Crippen LogP contribution in [0.4, 0.5) is 0 Å². The van der Waals surface area contributed by atoms with Crippen LogP contribution in [-0.4, -0.2) is 31.6 Å². The molecule has 0 spiro atoms. The summed E-state index contributed by atoms with van der Waals surface area (Å²) in [5.74, 6) is 1.50. The largest absolute Gasteiger partial charge is 0.482 e. The van der Waals surface area contributed by atoms with Gasteiger partial charge in [0, 0.05) is 0 Å². The van der Waals surface area contributed by atoms with Crippen molar-refractivity contribution in [1.29, 1.82) is 5.26 Å². The van der Waals surface area contributed by atoms with E-state index in [1.165, 1.54) is 0 Å². The molecule has 0 saturated heterocycles. The summed E-state index contributed by atoms with van der Waals surface area (Å²) < 4.78 is 9.80. The average Bonchev–Trinajstić information content (AvgIpc) is 2.49. The Kier molecular flexibility index (Phi) is 6.16. The first-order chi connectivity index (χ1) is 9.65. The SMILES string of the molecule is C#CCNC(=O)COC(=O)COc1ccc(C#N)cc1. The first kappa shape index (κ1) is 15.1. The molecule has 0 fully saturated rings. The van der Waals surface area contributed by atoms with E-state index in [1.54, 1.807) is 24.3 Å². The normalized spacial score (nSPS) is 8.90. The third kappa shape index (κ3) is 5.56. The highest BCUT2D eigenvalue weighted by atomic mass is 16.6. The standard InChI is InChI=1S/C14H12N2O4/c1-2-7-16-13(17)9-20-14(18)10-19-12-5-3-11(8-15)4-6-12/h1,3-6H,7,9-10H2,(H,16,17). The number of esters is 1.